The van der Waals surface area contributed by atoms with Gasteiger partial charge in [0.05, 0.1) is 0 Å². The molecule has 0 aromatic carbocycles. The van der Waals surface area contributed by atoms with Gasteiger partial charge in [0.15, 0.2) is 0 Å². The average Bonchev–Trinajstić information content (AvgIpc) is 2.54. The molecule has 0 bridgehead atoms. The van der Waals surface area contributed by atoms with Gasteiger partial charge >= 0.3 is 5.97 Å². The van der Waals surface area contributed by atoms with Crippen molar-refractivity contribution in [2.24, 2.45) is 5.73 Å². The molecular weight excluding hydrogens is 288 g/mol. The van der Waals surface area contributed by atoms with Crippen molar-refractivity contribution in [2.75, 3.05) is 13.1 Å². The lowest BCUT2D eigenvalue weighted by Gasteiger charge is -2.14. The van der Waals surface area contributed by atoms with E-state index in [0.717, 1.165) is 25.8 Å². The van der Waals surface area contributed by atoms with Crippen LogP contribution in [0.15, 0.2) is 0 Å². The molecule has 0 fully saturated rings. The molecule has 0 amide bonds. The molecule has 23 heavy (non-hydrogen) atoms. The molecule has 0 spiro atoms. The summed E-state index contributed by atoms with van der Waals surface area (Å²) in [6.07, 6.45) is 17.0. The third kappa shape index (κ3) is 16.0. The van der Waals surface area contributed by atoms with Crippen LogP contribution in [0.5, 0.6) is 0 Å². The van der Waals surface area contributed by atoms with Crippen molar-refractivity contribution in [1.29, 1.82) is 0 Å². The van der Waals surface area contributed by atoms with Gasteiger partial charge in [-0.1, -0.05) is 77.6 Å². The quantitative estimate of drug-likeness (QED) is 0.324. The van der Waals surface area contributed by atoms with E-state index < -0.39 is 12.0 Å². The van der Waals surface area contributed by atoms with E-state index in [-0.39, 0.29) is 0 Å². The highest BCUT2D eigenvalue weighted by Crippen LogP contribution is 2.11. The number of unbranched alkanes of at least 4 members (excludes halogenated alkanes) is 11. The van der Waals surface area contributed by atoms with E-state index >= 15 is 0 Å². The van der Waals surface area contributed by atoms with Crippen LogP contribution in [0.25, 0.3) is 0 Å². The molecule has 0 rings (SSSR count). The van der Waals surface area contributed by atoms with Gasteiger partial charge in [0.25, 0.3) is 0 Å². The summed E-state index contributed by atoms with van der Waals surface area (Å²) in [5, 5.41) is 12.3. The summed E-state index contributed by atoms with van der Waals surface area (Å²) < 4.78 is 0. The highest BCUT2D eigenvalue weighted by molar-refractivity contribution is 5.73. The number of hydrogen-bond acceptors (Lipinski definition) is 3. The number of carboxylic acids is 1. The predicted molar refractivity (Wildman–Crippen MR) is 98.8 cm³/mol. The van der Waals surface area contributed by atoms with Gasteiger partial charge in [-0.25, -0.2) is 0 Å². The third-order valence-electron chi connectivity index (χ3n) is 4.42. The highest BCUT2D eigenvalue weighted by atomic mass is 16.4. The van der Waals surface area contributed by atoms with Crippen LogP contribution in [0.3, 0.4) is 0 Å². The maximum Gasteiger partial charge on any atom is 0.320 e. The summed E-state index contributed by atoms with van der Waals surface area (Å²) in [6, 6.07) is -0.398. The molecule has 0 unspecified atom stereocenters. The topological polar surface area (TPSA) is 75.3 Å². The van der Waals surface area contributed by atoms with Crippen LogP contribution in [0, 0.1) is 0 Å². The molecule has 4 heteroatoms. The molecule has 4 nitrogen and oxygen atoms in total. The SMILES string of the molecule is CCCCCCCCCCCCCN[C@@H](CCCCN)C(=O)O. The maximum absolute atomic E-state index is 11.1. The van der Waals surface area contributed by atoms with Gasteiger partial charge in [-0.2, -0.15) is 0 Å². The van der Waals surface area contributed by atoms with E-state index in [1.54, 1.807) is 0 Å². The summed E-state index contributed by atoms with van der Waals surface area (Å²) in [7, 11) is 0. The summed E-state index contributed by atoms with van der Waals surface area (Å²) in [5.41, 5.74) is 5.44. The number of rotatable bonds is 18. The Bertz CT molecular complexity index is 260. The smallest absolute Gasteiger partial charge is 0.320 e. The molecule has 0 aromatic heterocycles. The van der Waals surface area contributed by atoms with Crippen LogP contribution in [0.1, 0.15) is 96.8 Å². The van der Waals surface area contributed by atoms with Crippen LogP contribution in [-0.2, 0) is 4.79 Å². The Hall–Kier alpha value is -0.610. The summed E-state index contributed by atoms with van der Waals surface area (Å²) in [6.45, 7) is 3.72. The minimum absolute atomic E-state index is 0.398. The normalized spacial score (nSPS) is 12.4. The van der Waals surface area contributed by atoms with Gasteiger partial charge in [-0.05, 0) is 32.4 Å². The van der Waals surface area contributed by atoms with E-state index in [2.05, 4.69) is 12.2 Å². The van der Waals surface area contributed by atoms with Crippen molar-refractivity contribution in [2.45, 2.75) is 103 Å². The van der Waals surface area contributed by atoms with Gasteiger partial charge < -0.3 is 16.2 Å². The van der Waals surface area contributed by atoms with Crippen LogP contribution in [-0.4, -0.2) is 30.2 Å². The van der Waals surface area contributed by atoms with E-state index in [4.69, 9.17) is 10.8 Å². The van der Waals surface area contributed by atoms with Crippen molar-refractivity contribution in [1.82, 2.24) is 5.32 Å². The lowest BCUT2D eigenvalue weighted by atomic mass is 10.1. The van der Waals surface area contributed by atoms with Crippen molar-refractivity contribution >= 4 is 5.97 Å². The molecule has 0 aromatic rings. The van der Waals surface area contributed by atoms with E-state index in [0.29, 0.717) is 13.0 Å². The maximum atomic E-state index is 11.1. The fraction of sp³-hybridized carbons (Fsp3) is 0.947. The molecule has 0 saturated carbocycles. The van der Waals surface area contributed by atoms with E-state index in [1.807, 2.05) is 0 Å². The summed E-state index contributed by atoms with van der Waals surface area (Å²) in [5.74, 6) is -0.731. The lowest BCUT2D eigenvalue weighted by Crippen LogP contribution is -2.37. The van der Waals surface area contributed by atoms with Gasteiger partial charge in [-0.3, -0.25) is 4.79 Å². The Balaban J connectivity index is 3.34. The first kappa shape index (κ1) is 22.4. The van der Waals surface area contributed by atoms with Crippen molar-refractivity contribution in [3.8, 4) is 0 Å². The molecule has 0 saturated heterocycles. The largest absolute Gasteiger partial charge is 0.480 e. The zero-order valence-corrected chi connectivity index (χ0v) is 15.3. The van der Waals surface area contributed by atoms with Crippen molar-refractivity contribution in [3.05, 3.63) is 0 Å². The number of carboxylic acid groups (broad SMARTS) is 1. The standard InChI is InChI=1S/C19H40N2O2/c1-2-3-4-5-6-7-8-9-10-11-14-17-21-18(19(22)23)15-12-13-16-20/h18,21H,2-17,20H2,1H3,(H,22,23)/t18-/m0/s1. The van der Waals surface area contributed by atoms with Gasteiger partial charge in [0.1, 0.15) is 6.04 Å². The van der Waals surface area contributed by atoms with E-state index in [1.165, 1.54) is 64.2 Å². The van der Waals surface area contributed by atoms with Gasteiger partial charge in [0.2, 0.25) is 0 Å². The van der Waals surface area contributed by atoms with Gasteiger partial charge in [-0.15, -0.1) is 0 Å². The Kier molecular flexibility index (Phi) is 17.3. The number of nitrogens with two attached hydrogens (primary N) is 1. The molecule has 0 aliphatic rings. The molecular formula is C19H40N2O2. The predicted octanol–water partition coefficient (Wildman–Crippen LogP) is 4.47. The Morgan fingerprint density at radius 2 is 1.39 bits per heavy atom. The zero-order valence-electron chi connectivity index (χ0n) is 15.3. The molecule has 0 aliphatic carbocycles. The number of nitrogens with one attached hydrogen (secondary N) is 1. The number of aliphatic carboxylic acids is 1. The Morgan fingerprint density at radius 3 is 1.87 bits per heavy atom. The first-order valence-electron chi connectivity index (χ1n) is 9.88. The first-order chi connectivity index (χ1) is 11.2. The fourth-order valence-electron chi connectivity index (χ4n) is 2.87. The monoisotopic (exact) mass is 328 g/mol. The molecule has 4 N–H and O–H groups in total. The third-order valence-corrected chi connectivity index (χ3v) is 4.42. The summed E-state index contributed by atoms with van der Waals surface area (Å²) in [4.78, 5) is 11.1. The van der Waals surface area contributed by atoms with Crippen LogP contribution in [0.4, 0.5) is 0 Å². The molecule has 138 valence electrons. The molecule has 0 radical (unpaired) electrons. The van der Waals surface area contributed by atoms with Crippen LogP contribution >= 0.6 is 0 Å². The van der Waals surface area contributed by atoms with Crippen molar-refractivity contribution < 1.29 is 9.90 Å². The second-order valence-corrected chi connectivity index (χ2v) is 6.66. The van der Waals surface area contributed by atoms with Crippen LogP contribution in [0.2, 0.25) is 0 Å². The van der Waals surface area contributed by atoms with Crippen LogP contribution < -0.4 is 11.1 Å². The zero-order chi connectivity index (χ0) is 17.2. The summed E-state index contributed by atoms with van der Waals surface area (Å²) >= 11 is 0. The molecule has 1 atom stereocenters. The fourth-order valence-corrected chi connectivity index (χ4v) is 2.87. The Morgan fingerprint density at radius 1 is 0.870 bits per heavy atom. The highest BCUT2D eigenvalue weighted by Gasteiger charge is 2.15. The number of hydrogen-bond donors (Lipinski definition) is 3. The first-order valence-corrected chi connectivity index (χ1v) is 9.88. The second kappa shape index (κ2) is 17.7. The van der Waals surface area contributed by atoms with Crippen molar-refractivity contribution in [3.63, 3.8) is 0 Å². The van der Waals surface area contributed by atoms with Gasteiger partial charge in [0, 0.05) is 0 Å². The lowest BCUT2D eigenvalue weighted by molar-refractivity contribution is -0.139. The molecule has 0 aliphatic heterocycles. The Labute approximate surface area is 143 Å². The average molecular weight is 329 g/mol. The number of carbonyl (C=O) groups is 1. The minimum Gasteiger partial charge on any atom is -0.480 e. The molecule has 0 heterocycles. The minimum atomic E-state index is -0.731. The second-order valence-electron chi connectivity index (χ2n) is 6.66. The van der Waals surface area contributed by atoms with E-state index in [9.17, 15) is 4.79 Å².